The summed E-state index contributed by atoms with van der Waals surface area (Å²) < 4.78 is 0. The second-order valence-electron chi connectivity index (χ2n) is 4.97. The zero-order chi connectivity index (χ0) is 13.7. The lowest BCUT2D eigenvalue weighted by Crippen LogP contribution is -2.22. The smallest absolute Gasteiger partial charge is 0.278 e. The van der Waals surface area contributed by atoms with Gasteiger partial charge < -0.3 is 5.32 Å². The highest BCUT2D eigenvalue weighted by Gasteiger charge is 2.18. The summed E-state index contributed by atoms with van der Waals surface area (Å²) in [6, 6.07) is 0. The first-order valence-corrected chi connectivity index (χ1v) is 6.23. The van der Waals surface area contributed by atoms with Gasteiger partial charge in [-0.05, 0) is 26.3 Å². The van der Waals surface area contributed by atoms with Crippen molar-refractivity contribution < 1.29 is 4.92 Å². The zero-order valence-electron chi connectivity index (χ0n) is 11.5. The molecule has 1 N–H and O–H groups in total. The third-order valence-electron chi connectivity index (χ3n) is 2.85. The van der Waals surface area contributed by atoms with Crippen LogP contribution in [0.2, 0.25) is 0 Å². The maximum absolute atomic E-state index is 11.0. The van der Waals surface area contributed by atoms with Crippen molar-refractivity contribution in [2.45, 2.75) is 34.1 Å². The van der Waals surface area contributed by atoms with Crippen LogP contribution >= 0.6 is 0 Å². The SMILES string of the molecule is Cc1cnc(CCNCC(C)C)c(C)c1[N+](=O)[O-]. The van der Waals surface area contributed by atoms with Crippen molar-refractivity contribution in [3.05, 3.63) is 33.1 Å². The van der Waals surface area contributed by atoms with Crippen LogP contribution in [0.4, 0.5) is 5.69 Å². The first-order chi connectivity index (χ1) is 8.43. The Kier molecular flexibility index (Phi) is 5.22. The molecule has 1 aromatic heterocycles. The second-order valence-corrected chi connectivity index (χ2v) is 4.97. The van der Waals surface area contributed by atoms with Gasteiger partial charge in [-0.15, -0.1) is 0 Å². The van der Waals surface area contributed by atoms with E-state index >= 15 is 0 Å². The lowest BCUT2D eigenvalue weighted by atomic mass is 10.1. The van der Waals surface area contributed by atoms with E-state index in [0.717, 1.165) is 25.2 Å². The Balaban J connectivity index is 2.73. The number of hydrogen-bond acceptors (Lipinski definition) is 4. The normalized spacial score (nSPS) is 10.9. The van der Waals surface area contributed by atoms with Gasteiger partial charge in [-0.2, -0.15) is 0 Å². The van der Waals surface area contributed by atoms with Crippen LogP contribution in [0.1, 0.15) is 30.7 Å². The largest absolute Gasteiger partial charge is 0.316 e. The highest BCUT2D eigenvalue weighted by molar-refractivity contribution is 5.47. The molecule has 0 radical (unpaired) electrons. The maximum Gasteiger partial charge on any atom is 0.278 e. The van der Waals surface area contributed by atoms with E-state index in [9.17, 15) is 10.1 Å². The average molecular weight is 251 g/mol. The molecule has 100 valence electrons. The van der Waals surface area contributed by atoms with E-state index in [1.165, 1.54) is 0 Å². The lowest BCUT2D eigenvalue weighted by Gasteiger charge is -2.09. The topological polar surface area (TPSA) is 68.1 Å². The summed E-state index contributed by atoms with van der Waals surface area (Å²) in [5.74, 6) is 0.603. The van der Waals surface area contributed by atoms with Gasteiger partial charge in [0.05, 0.1) is 10.6 Å². The van der Waals surface area contributed by atoms with Crippen LogP contribution in [0.25, 0.3) is 0 Å². The Labute approximate surface area is 108 Å². The van der Waals surface area contributed by atoms with E-state index in [0.29, 0.717) is 17.0 Å². The minimum atomic E-state index is -0.322. The average Bonchev–Trinajstić information content (AvgIpc) is 2.26. The number of aromatic nitrogens is 1. The van der Waals surface area contributed by atoms with Gasteiger partial charge in [0, 0.05) is 30.3 Å². The minimum absolute atomic E-state index is 0.198. The predicted molar refractivity (Wildman–Crippen MR) is 71.8 cm³/mol. The number of aryl methyl sites for hydroxylation is 1. The maximum atomic E-state index is 11.0. The van der Waals surface area contributed by atoms with Gasteiger partial charge in [0.2, 0.25) is 0 Å². The Bertz CT molecular complexity index is 430. The molecule has 1 heterocycles. The van der Waals surface area contributed by atoms with Crippen molar-refractivity contribution in [2.75, 3.05) is 13.1 Å². The molecule has 0 unspecified atom stereocenters. The summed E-state index contributed by atoms with van der Waals surface area (Å²) in [7, 11) is 0. The fourth-order valence-corrected chi connectivity index (χ4v) is 1.90. The highest BCUT2D eigenvalue weighted by Crippen LogP contribution is 2.23. The molecule has 0 aliphatic carbocycles. The number of rotatable bonds is 6. The molecule has 0 spiro atoms. The van der Waals surface area contributed by atoms with Crippen LogP contribution in [0.3, 0.4) is 0 Å². The molecule has 5 nitrogen and oxygen atoms in total. The Morgan fingerprint density at radius 1 is 1.44 bits per heavy atom. The lowest BCUT2D eigenvalue weighted by molar-refractivity contribution is -0.386. The zero-order valence-corrected chi connectivity index (χ0v) is 11.5. The molecule has 0 bridgehead atoms. The van der Waals surface area contributed by atoms with Crippen LogP contribution < -0.4 is 5.32 Å². The Hall–Kier alpha value is -1.49. The van der Waals surface area contributed by atoms with Crippen molar-refractivity contribution in [2.24, 2.45) is 5.92 Å². The van der Waals surface area contributed by atoms with Crippen LogP contribution in [0, 0.1) is 29.9 Å². The summed E-state index contributed by atoms with van der Waals surface area (Å²) in [5.41, 5.74) is 2.31. The summed E-state index contributed by atoms with van der Waals surface area (Å²) in [6.07, 6.45) is 2.31. The van der Waals surface area contributed by atoms with Gasteiger partial charge in [-0.25, -0.2) is 0 Å². The summed E-state index contributed by atoms with van der Waals surface area (Å²) in [4.78, 5) is 14.9. The molecule has 0 aliphatic rings. The first-order valence-electron chi connectivity index (χ1n) is 6.23. The van der Waals surface area contributed by atoms with E-state index in [4.69, 9.17) is 0 Å². The van der Waals surface area contributed by atoms with Crippen LogP contribution in [0.15, 0.2) is 6.20 Å². The van der Waals surface area contributed by atoms with Crippen molar-refractivity contribution >= 4 is 5.69 Å². The molecule has 1 aromatic rings. The second kappa shape index (κ2) is 6.44. The van der Waals surface area contributed by atoms with E-state index in [-0.39, 0.29) is 10.6 Å². The van der Waals surface area contributed by atoms with Gasteiger partial charge in [0.15, 0.2) is 0 Å². The van der Waals surface area contributed by atoms with Crippen molar-refractivity contribution in [1.29, 1.82) is 0 Å². The van der Waals surface area contributed by atoms with E-state index in [1.807, 2.05) is 0 Å². The minimum Gasteiger partial charge on any atom is -0.316 e. The molecule has 0 saturated carbocycles. The monoisotopic (exact) mass is 251 g/mol. The van der Waals surface area contributed by atoms with E-state index in [2.05, 4.69) is 24.1 Å². The molecule has 5 heteroatoms. The van der Waals surface area contributed by atoms with E-state index in [1.54, 1.807) is 20.0 Å². The standard InChI is InChI=1S/C13H21N3O2/c1-9(2)7-14-6-5-12-11(4)13(16(17)18)10(3)8-15-12/h8-9,14H,5-7H2,1-4H3. The highest BCUT2D eigenvalue weighted by atomic mass is 16.6. The third-order valence-corrected chi connectivity index (χ3v) is 2.85. The van der Waals surface area contributed by atoms with Crippen LogP contribution in [-0.4, -0.2) is 23.0 Å². The molecule has 0 atom stereocenters. The number of hydrogen-bond donors (Lipinski definition) is 1. The molecular formula is C13H21N3O2. The quantitative estimate of drug-likeness (QED) is 0.479. The number of nitrogens with one attached hydrogen (secondary N) is 1. The molecular weight excluding hydrogens is 230 g/mol. The van der Waals surface area contributed by atoms with Crippen molar-refractivity contribution in [1.82, 2.24) is 10.3 Å². The number of nitrogens with zero attached hydrogens (tertiary/aromatic N) is 2. The molecule has 0 fully saturated rings. The third kappa shape index (κ3) is 3.77. The van der Waals surface area contributed by atoms with Gasteiger partial charge >= 0.3 is 0 Å². The van der Waals surface area contributed by atoms with Crippen molar-refractivity contribution in [3.8, 4) is 0 Å². The molecule has 1 rings (SSSR count). The Morgan fingerprint density at radius 3 is 2.67 bits per heavy atom. The summed E-state index contributed by atoms with van der Waals surface area (Å²) in [5, 5.41) is 14.3. The van der Waals surface area contributed by atoms with Gasteiger partial charge in [-0.1, -0.05) is 13.8 Å². The Morgan fingerprint density at radius 2 is 2.11 bits per heavy atom. The summed E-state index contributed by atoms with van der Waals surface area (Å²) >= 11 is 0. The number of nitro groups is 1. The predicted octanol–water partition coefficient (Wildman–Crippen LogP) is 2.39. The fraction of sp³-hybridized carbons (Fsp3) is 0.615. The molecule has 0 saturated heterocycles. The molecule has 0 amide bonds. The van der Waals surface area contributed by atoms with E-state index < -0.39 is 0 Å². The van der Waals surface area contributed by atoms with Crippen molar-refractivity contribution in [3.63, 3.8) is 0 Å². The molecule has 18 heavy (non-hydrogen) atoms. The van der Waals surface area contributed by atoms with Crippen LogP contribution in [-0.2, 0) is 6.42 Å². The molecule has 0 aromatic carbocycles. The summed E-state index contributed by atoms with van der Waals surface area (Å²) in [6.45, 7) is 9.54. The first kappa shape index (κ1) is 14.6. The number of pyridine rings is 1. The fourth-order valence-electron chi connectivity index (χ4n) is 1.90. The van der Waals surface area contributed by atoms with Gasteiger partial charge in [0.25, 0.3) is 5.69 Å². The van der Waals surface area contributed by atoms with Crippen LogP contribution in [0.5, 0.6) is 0 Å². The van der Waals surface area contributed by atoms with Gasteiger partial charge in [-0.3, -0.25) is 15.1 Å². The molecule has 0 aliphatic heterocycles. The van der Waals surface area contributed by atoms with Gasteiger partial charge in [0.1, 0.15) is 0 Å².